The number of halogens is 3. The molecule has 0 radical (unpaired) electrons. The first kappa shape index (κ1) is 15.3. The van der Waals surface area contributed by atoms with Gasteiger partial charge in [-0.3, -0.25) is 4.79 Å². The third-order valence-corrected chi connectivity index (χ3v) is 3.71. The van der Waals surface area contributed by atoms with E-state index in [1.54, 1.807) is 24.3 Å². The van der Waals surface area contributed by atoms with Crippen LogP contribution in [0.15, 0.2) is 30.5 Å². The number of carbonyl (C=O) groups excluding carboxylic acids is 1. The van der Waals surface area contributed by atoms with Gasteiger partial charge in [-0.1, -0.05) is 5.21 Å². The van der Waals surface area contributed by atoms with E-state index in [1.807, 2.05) is 5.32 Å². The van der Waals surface area contributed by atoms with E-state index >= 15 is 0 Å². The predicted octanol–water partition coefficient (Wildman–Crippen LogP) is 2.10. The van der Waals surface area contributed by atoms with Crippen molar-refractivity contribution in [3.63, 3.8) is 0 Å². The molecule has 2 aromatic rings. The lowest BCUT2D eigenvalue weighted by Crippen LogP contribution is -2.47. The van der Waals surface area contributed by atoms with Crippen molar-refractivity contribution in [1.29, 1.82) is 0 Å². The number of alkyl halides is 3. The highest BCUT2D eigenvalue weighted by molar-refractivity contribution is 5.92. The van der Waals surface area contributed by atoms with E-state index in [9.17, 15) is 18.0 Å². The molecule has 3 rings (SSSR count). The number of nitrogens with one attached hydrogen (secondary N) is 1. The van der Waals surface area contributed by atoms with Crippen LogP contribution in [0.25, 0.3) is 5.69 Å². The topological polar surface area (TPSA) is 69.0 Å². The highest BCUT2D eigenvalue weighted by Crippen LogP contribution is 2.48. The number of nitrogens with zero attached hydrogens (tertiary/aromatic N) is 3. The smallest absolute Gasteiger partial charge is 0.411 e. The van der Waals surface area contributed by atoms with Crippen LogP contribution in [0.5, 0.6) is 5.75 Å². The van der Waals surface area contributed by atoms with Gasteiger partial charge in [-0.15, -0.1) is 5.10 Å². The monoisotopic (exact) mass is 326 g/mol. The summed E-state index contributed by atoms with van der Waals surface area (Å²) in [5.41, 5.74) is -1.68. The van der Waals surface area contributed by atoms with E-state index in [4.69, 9.17) is 4.74 Å². The number of carbonyl (C=O) groups is 1. The molecule has 1 heterocycles. The summed E-state index contributed by atoms with van der Waals surface area (Å²) >= 11 is 0. The molecule has 1 fully saturated rings. The number of rotatable bonds is 4. The fourth-order valence-electron chi connectivity index (χ4n) is 2.11. The van der Waals surface area contributed by atoms with Crippen molar-refractivity contribution in [1.82, 2.24) is 20.3 Å². The maximum Gasteiger partial charge on any atom is 0.411 e. The van der Waals surface area contributed by atoms with Gasteiger partial charge in [-0.05, 0) is 37.1 Å². The van der Waals surface area contributed by atoms with Crippen molar-refractivity contribution in [3.05, 3.63) is 36.2 Å². The van der Waals surface area contributed by atoms with Gasteiger partial charge in [0.15, 0.2) is 5.69 Å². The van der Waals surface area contributed by atoms with Crippen molar-refractivity contribution in [3.8, 4) is 11.4 Å². The van der Waals surface area contributed by atoms with Crippen LogP contribution in [0.4, 0.5) is 13.2 Å². The predicted molar refractivity (Wildman–Crippen MR) is 73.4 cm³/mol. The minimum absolute atomic E-state index is 0.116. The molecule has 1 aliphatic rings. The van der Waals surface area contributed by atoms with Gasteiger partial charge in [0.25, 0.3) is 5.91 Å². The van der Waals surface area contributed by atoms with E-state index in [2.05, 4.69) is 10.3 Å². The number of aromatic nitrogens is 3. The van der Waals surface area contributed by atoms with Gasteiger partial charge in [-0.25, -0.2) is 4.68 Å². The van der Waals surface area contributed by atoms with E-state index in [-0.39, 0.29) is 18.5 Å². The third kappa shape index (κ3) is 2.86. The lowest BCUT2D eigenvalue weighted by molar-refractivity contribution is -0.163. The molecule has 0 bridgehead atoms. The van der Waals surface area contributed by atoms with E-state index in [0.29, 0.717) is 11.4 Å². The summed E-state index contributed by atoms with van der Waals surface area (Å²) in [6, 6.07) is 6.76. The molecule has 0 unspecified atom stereocenters. The molecule has 1 amide bonds. The molecule has 0 saturated heterocycles. The lowest BCUT2D eigenvalue weighted by atomic mass is 10.2. The van der Waals surface area contributed by atoms with Crippen LogP contribution in [0.3, 0.4) is 0 Å². The minimum Gasteiger partial charge on any atom is -0.497 e. The number of methoxy groups -OCH3 is 1. The Morgan fingerprint density at radius 1 is 1.30 bits per heavy atom. The fraction of sp³-hybridized carbons (Fsp3) is 0.357. The highest BCUT2D eigenvalue weighted by Gasteiger charge is 2.64. The SMILES string of the molecule is COc1ccc(-n2cc(C(=O)NC3(C(F)(F)F)CC3)nn2)cc1. The molecule has 1 N–H and O–H groups in total. The van der Waals surface area contributed by atoms with Gasteiger partial charge >= 0.3 is 6.18 Å². The zero-order valence-corrected chi connectivity index (χ0v) is 12.1. The van der Waals surface area contributed by atoms with Crippen LogP contribution in [-0.4, -0.2) is 39.7 Å². The van der Waals surface area contributed by atoms with Gasteiger partial charge in [-0.2, -0.15) is 13.2 Å². The molecule has 1 aliphatic carbocycles. The number of amides is 1. The maximum absolute atomic E-state index is 12.8. The Balaban J connectivity index is 1.75. The summed E-state index contributed by atoms with van der Waals surface area (Å²) in [5, 5.41) is 9.40. The van der Waals surface area contributed by atoms with Crippen LogP contribution >= 0.6 is 0 Å². The van der Waals surface area contributed by atoms with Crippen LogP contribution in [-0.2, 0) is 0 Å². The quantitative estimate of drug-likeness (QED) is 0.934. The first-order chi connectivity index (χ1) is 10.8. The minimum atomic E-state index is -4.46. The standard InChI is InChI=1S/C14H13F3N4O2/c1-23-10-4-2-9(3-5-10)21-8-11(19-20-21)12(22)18-13(6-7-13)14(15,16)17/h2-5,8H,6-7H2,1H3,(H,18,22). The average Bonchev–Trinajstić information content (AvgIpc) is 3.14. The van der Waals surface area contributed by atoms with Crippen molar-refractivity contribution in [2.45, 2.75) is 24.6 Å². The molecule has 6 nitrogen and oxygen atoms in total. The van der Waals surface area contributed by atoms with Crippen molar-refractivity contribution < 1.29 is 22.7 Å². The highest BCUT2D eigenvalue weighted by atomic mass is 19.4. The largest absolute Gasteiger partial charge is 0.497 e. The summed E-state index contributed by atoms with van der Waals surface area (Å²) in [6.45, 7) is 0. The summed E-state index contributed by atoms with van der Waals surface area (Å²) in [7, 11) is 1.53. The molecule has 122 valence electrons. The number of hydrogen-bond donors (Lipinski definition) is 1. The Kier molecular flexibility index (Phi) is 3.50. The molecule has 0 atom stereocenters. The van der Waals surface area contributed by atoms with E-state index < -0.39 is 17.6 Å². The van der Waals surface area contributed by atoms with Crippen LogP contribution in [0, 0.1) is 0 Å². The number of benzene rings is 1. The molecular formula is C14H13F3N4O2. The molecule has 1 aromatic carbocycles. The normalized spacial score (nSPS) is 16.0. The summed E-state index contributed by atoms with van der Waals surface area (Å²) in [6.07, 6.45) is -3.41. The molecule has 1 saturated carbocycles. The van der Waals surface area contributed by atoms with Crippen molar-refractivity contribution in [2.24, 2.45) is 0 Å². The van der Waals surface area contributed by atoms with Crippen LogP contribution < -0.4 is 10.1 Å². The lowest BCUT2D eigenvalue weighted by Gasteiger charge is -2.19. The molecule has 1 aromatic heterocycles. The molecule has 23 heavy (non-hydrogen) atoms. The summed E-state index contributed by atoms with van der Waals surface area (Å²) in [5.74, 6) is -0.243. The Morgan fingerprint density at radius 3 is 2.48 bits per heavy atom. The maximum atomic E-state index is 12.8. The fourth-order valence-corrected chi connectivity index (χ4v) is 2.11. The van der Waals surface area contributed by atoms with Gasteiger partial charge in [0, 0.05) is 0 Å². The zero-order valence-electron chi connectivity index (χ0n) is 12.1. The Labute approximate surface area is 129 Å². The first-order valence-corrected chi connectivity index (χ1v) is 6.81. The van der Waals surface area contributed by atoms with Crippen molar-refractivity contribution in [2.75, 3.05) is 7.11 Å². The van der Waals surface area contributed by atoms with Gasteiger partial charge in [0.1, 0.15) is 11.3 Å². The molecule has 0 aliphatic heterocycles. The van der Waals surface area contributed by atoms with E-state index in [0.717, 1.165) is 0 Å². The van der Waals surface area contributed by atoms with Gasteiger partial charge < -0.3 is 10.1 Å². The summed E-state index contributed by atoms with van der Waals surface area (Å²) in [4.78, 5) is 11.9. The van der Waals surface area contributed by atoms with Crippen LogP contribution in [0.1, 0.15) is 23.3 Å². The Bertz CT molecular complexity index is 720. The van der Waals surface area contributed by atoms with E-state index in [1.165, 1.54) is 18.0 Å². The Morgan fingerprint density at radius 2 is 1.96 bits per heavy atom. The average molecular weight is 326 g/mol. The second-order valence-corrected chi connectivity index (χ2v) is 5.28. The van der Waals surface area contributed by atoms with Gasteiger partial charge in [0.05, 0.1) is 19.0 Å². The zero-order chi connectivity index (χ0) is 16.7. The van der Waals surface area contributed by atoms with Crippen molar-refractivity contribution >= 4 is 5.91 Å². The van der Waals surface area contributed by atoms with Gasteiger partial charge in [0.2, 0.25) is 0 Å². The number of ether oxygens (including phenoxy) is 1. The Hall–Kier alpha value is -2.58. The molecule has 9 heteroatoms. The molecular weight excluding hydrogens is 313 g/mol. The number of hydrogen-bond acceptors (Lipinski definition) is 4. The first-order valence-electron chi connectivity index (χ1n) is 6.81. The van der Waals surface area contributed by atoms with Crippen LogP contribution in [0.2, 0.25) is 0 Å². The second kappa shape index (κ2) is 5.25. The second-order valence-electron chi connectivity index (χ2n) is 5.28. The third-order valence-electron chi connectivity index (χ3n) is 3.71. The molecule has 0 spiro atoms. The summed E-state index contributed by atoms with van der Waals surface area (Å²) < 4.78 is 44.9.